The quantitative estimate of drug-likeness (QED) is 0.262. The molecule has 4 atom stereocenters. The molecule has 1 fully saturated rings. The van der Waals surface area contributed by atoms with E-state index in [1.165, 1.54) is 54.7 Å². The Hall–Kier alpha value is -3.55. The fourth-order valence-electron chi connectivity index (χ4n) is 8.64. The fraction of sp³-hybridized carbons (Fsp3) is 0.441. The third-order valence-corrected chi connectivity index (χ3v) is 10.0. The average Bonchev–Trinajstić information content (AvgIpc) is 3.61. The zero-order chi connectivity index (χ0) is 28.4. The van der Waals surface area contributed by atoms with Gasteiger partial charge in [0.1, 0.15) is 11.7 Å². The first-order valence-electron chi connectivity index (χ1n) is 14.8. The number of benzene rings is 3. The summed E-state index contributed by atoms with van der Waals surface area (Å²) in [7, 11) is 3.68. The lowest BCUT2D eigenvalue weighted by molar-refractivity contribution is -0.0855. The van der Waals surface area contributed by atoms with E-state index in [0.29, 0.717) is 0 Å². The van der Waals surface area contributed by atoms with Crippen molar-refractivity contribution in [1.29, 1.82) is 0 Å². The van der Waals surface area contributed by atoms with Crippen molar-refractivity contribution in [1.82, 2.24) is 19.4 Å². The van der Waals surface area contributed by atoms with Gasteiger partial charge >= 0.3 is 6.09 Å². The fourth-order valence-corrected chi connectivity index (χ4v) is 8.64. The summed E-state index contributed by atoms with van der Waals surface area (Å²) in [4.78, 5) is 15.3. The summed E-state index contributed by atoms with van der Waals surface area (Å²) in [5.74, 6) is 0. The number of fused-ring (bicyclic) bond motifs is 13. The van der Waals surface area contributed by atoms with E-state index in [-0.39, 0.29) is 24.3 Å². The number of likely N-dealkylation sites (N-methyl/N-ethyl adjacent to an activating group) is 1. The van der Waals surface area contributed by atoms with Gasteiger partial charge in [0.05, 0.1) is 22.6 Å². The maximum absolute atomic E-state index is 13.5. The van der Waals surface area contributed by atoms with Crippen LogP contribution in [0.15, 0.2) is 48.5 Å². The second kappa shape index (κ2) is 8.26. The minimum absolute atomic E-state index is 0.172. The Balaban J connectivity index is 1.51. The second-order valence-corrected chi connectivity index (χ2v) is 13.5. The van der Waals surface area contributed by atoms with Gasteiger partial charge < -0.3 is 28.8 Å². The molecule has 5 aromatic rings. The van der Waals surface area contributed by atoms with E-state index in [9.17, 15) is 4.79 Å². The molecule has 212 valence electrons. The first kappa shape index (κ1) is 25.2. The van der Waals surface area contributed by atoms with Crippen LogP contribution in [0.5, 0.6) is 0 Å². The number of nitrogens with zero attached hydrogens (tertiary/aromatic N) is 3. The van der Waals surface area contributed by atoms with Crippen molar-refractivity contribution in [2.45, 2.75) is 83.0 Å². The summed E-state index contributed by atoms with van der Waals surface area (Å²) in [6, 6.07) is 17.8. The zero-order valence-corrected chi connectivity index (χ0v) is 24.7. The maximum Gasteiger partial charge on any atom is 0.410 e. The lowest BCUT2D eigenvalue weighted by Gasteiger charge is -2.51. The first-order valence-corrected chi connectivity index (χ1v) is 14.8. The summed E-state index contributed by atoms with van der Waals surface area (Å²) in [5, 5.41) is 9.03. The maximum atomic E-state index is 13.5. The van der Waals surface area contributed by atoms with Crippen molar-refractivity contribution in [3.05, 3.63) is 59.7 Å². The van der Waals surface area contributed by atoms with Crippen LogP contribution >= 0.6 is 0 Å². The third-order valence-electron chi connectivity index (χ3n) is 10.0. The van der Waals surface area contributed by atoms with E-state index in [1.807, 2.05) is 27.8 Å². The van der Waals surface area contributed by atoms with Crippen molar-refractivity contribution < 1.29 is 14.3 Å². The summed E-state index contributed by atoms with van der Waals surface area (Å²) >= 11 is 0. The van der Waals surface area contributed by atoms with Gasteiger partial charge in [-0.1, -0.05) is 36.4 Å². The lowest BCUT2D eigenvalue weighted by Crippen LogP contribution is -2.60. The number of hydrogen-bond donors (Lipinski definition) is 1. The highest BCUT2D eigenvalue weighted by Crippen LogP contribution is 2.55. The van der Waals surface area contributed by atoms with E-state index < -0.39 is 11.1 Å². The van der Waals surface area contributed by atoms with Crippen LogP contribution in [0.2, 0.25) is 0 Å². The molecule has 1 N–H and O–H groups in total. The molecule has 7 nitrogen and oxygen atoms in total. The molecule has 2 bridgehead atoms. The second-order valence-electron chi connectivity index (χ2n) is 13.5. The smallest absolute Gasteiger partial charge is 0.410 e. The van der Waals surface area contributed by atoms with Crippen LogP contribution < -0.4 is 5.32 Å². The lowest BCUT2D eigenvalue weighted by atomic mass is 9.74. The number of nitrogens with one attached hydrogen (secondary N) is 1. The van der Waals surface area contributed by atoms with Gasteiger partial charge in [0.2, 0.25) is 0 Å². The molecule has 0 spiro atoms. The van der Waals surface area contributed by atoms with Gasteiger partial charge in [-0.2, -0.15) is 0 Å². The Kier molecular flexibility index (Phi) is 5.08. The molecule has 0 unspecified atom stereocenters. The molecule has 7 heteroatoms. The van der Waals surface area contributed by atoms with E-state index in [2.05, 4.69) is 69.9 Å². The van der Waals surface area contributed by atoms with Crippen LogP contribution in [0.3, 0.4) is 0 Å². The molecule has 2 aliphatic heterocycles. The SMILES string of the molecule is CO[C@@H]1[C@H](N(C)C(=O)OC(C)(C)C)C[C@H]2C[C@]1(C)n1c3ccccc3c3c4c(c5c6ccccc6n2c5c31)CNC4. The van der Waals surface area contributed by atoms with Crippen LogP contribution in [0.1, 0.15) is 57.7 Å². The molecule has 4 heterocycles. The topological polar surface area (TPSA) is 60.7 Å². The molecule has 8 rings (SSSR count). The Labute approximate surface area is 240 Å². The van der Waals surface area contributed by atoms with Crippen molar-refractivity contribution in [2.75, 3.05) is 14.2 Å². The number of hydrogen-bond acceptors (Lipinski definition) is 4. The third kappa shape index (κ3) is 3.19. The largest absolute Gasteiger partial charge is 0.444 e. The summed E-state index contributed by atoms with van der Waals surface area (Å²) in [5.41, 5.74) is 6.98. The standard InChI is InChI=1S/C34H38N4O3/c1-33(2,3)41-32(39)36(5)26-15-19-16-34(4,31(26)40-6)38-25-14-10-8-12-21(25)28-23-18-35-17-22(23)27-20-11-7-9-13-24(20)37(19)29(27)30(28)38/h7-14,19,26,31,35H,15-18H2,1-6H3/t19-,26+,31+,34-/m0/s1. The van der Waals surface area contributed by atoms with Gasteiger partial charge in [-0.3, -0.25) is 0 Å². The summed E-state index contributed by atoms with van der Waals surface area (Å²) < 4.78 is 17.6. The highest BCUT2D eigenvalue weighted by atomic mass is 16.6. The van der Waals surface area contributed by atoms with Gasteiger partial charge in [0, 0.05) is 65.9 Å². The minimum atomic E-state index is -0.574. The number of carbonyl (C=O) groups excluding carboxylic acids is 1. The number of aromatic nitrogens is 2. The van der Waals surface area contributed by atoms with E-state index in [4.69, 9.17) is 9.47 Å². The van der Waals surface area contributed by atoms with Crippen LogP contribution in [-0.4, -0.2) is 52.0 Å². The highest BCUT2D eigenvalue weighted by Gasteiger charge is 2.53. The van der Waals surface area contributed by atoms with E-state index in [0.717, 1.165) is 25.9 Å². The first-order chi connectivity index (χ1) is 19.6. The van der Waals surface area contributed by atoms with Crippen molar-refractivity contribution in [3.63, 3.8) is 0 Å². The molecular formula is C34H38N4O3. The van der Waals surface area contributed by atoms with Crippen molar-refractivity contribution in [2.24, 2.45) is 0 Å². The number of amides is 1. The molecule has 2 aromatic heterocycles. The number of rotatable bonds is 2. The minimum Gasteiger partial charge on any atom is -0.444 e. The van der Waals surface area contributed by atoms with Crippen molar-refractivity contribution in [3.8, 4) is 0 Å². The van der Waals surface area contributed by atoms with Crippen LogP contribution in [0, 0.1) is 0 Å². The Morgan fingerprint density at radius 1 is 0.976 bits per heavy atom. The molecule has 0 saturated heterocycles. The monoisotopic (exact) mass is 550 g/mol. The predicted molar refractivity (Wildman–Crippen MR) is 163 cm³/mol. The normalized spacial score (nSPS) is 25.4. The van der Waals surface area contributed by atoms with Crippen LogP contribution in [-0.2, 0) is 28.1 Å². The van der Waals surface area contributed by atoms with Gasteiger partial charge in [-0.15, -0.1) is 0 Å². The van der Waals surface area contributed by atoms with E-state index >= 15 is 0 Å². The van der Waals surface area contributed by atoms with Crippen LogP contribution in [0.4, 0.5) is 4.79 Å². The number of para-hydroxylation sites is 2. The van der Waals surface area contributed by atoms with Gasteiger partial charge in [-0.05, 0) is 63.8 Å². The molecule has 3 aromatic carbocycles. The molecule has 1 saturated carbocycles. The average molecular weight is 551 g/mol. The van der Waals surface area contributed by atoms with Crippen LogP contribution in [0.25, 0.3) is 43.6 Å². The number of methoxy groups -OCH3 is 1. The predicted octanol–water partition coefficient (Wildman–Crippen LogP) is 6.82. The molecule has 0 radical (unpaired) electrons. The summed E-state index contributed by atoms with van der Waals surface area (Å²) in [6.07, 6.45) is 1.16. The molecule has 1 amide bonds. The van der Waals surface area contributed by atoms with Crippen molar-refractivity contribution >= 4 is 49.7 Å². The Bertz CT molecular complexity index is 1910. The van der Waals surface area contributed by atoms with Gasteiger partial charge in [0.25, 0.3) is 0 Å². The summed E-state index contributed by atoms with van der Waals surface area (Å²) in [6.45, 7) is 9.86. The molecule has 41 heavy (non-hydrogen) atoms. The van der Waals surface area contributed by atoms with Gasteiger partial charge in [0.15, 0.2) is 0 Å². The molecule has 1 aliphatic carbocycles. The molecular weight excluding hydrogens is 512 g/mol. The highest BCUT2D eigenvalue weighted by molar-refractivity contribution is 6.25. The zero-order valence-electron chi connectivity index (χ0n) is 24.7. The Morgan fingerprint density at radius 2 is 1.59 bits per heavy atom. The molecule has 3 aliphatic rings. The van der Waals surface area contributed by atoms with E-state index in [1.54, 1.807) is 12.0 Å². The number of ether oxygens (including phenoxy) is 2. The number of carbonyl (C=O) groups is 1. The Morgan fingerprint density at radius 3 is 2.24 bits per heavy atom. The van der Waals surface area contributed by atoms with Gasteiger partial charge in [-0.25, -0.2) is 4.79 Å².